The van der Waals surface area contributed by atoms with E-state index in [4.69, 9.17) is 4.79 Å². The van der Waals surface area contributed by atoms with Crippen molar-refractivity contribution in [3.8, 4) is 0 Å². The third kappa shape index (κ3) is 16.4. The van der Waals surface area contributed by atoms with Gasteiger partial charge in [-0.05, 0) is 55.4 Å². The minimum atomic E-state index is -0.166. The second-order valence-electron chi connectivity index (χ2n) is 7.02. The molecule has 0 aromatic heterocycles. The SMILES string of the molecule is CC(C)[PH+](CCNCC[PH+](C(C)C)C(C)C)C(C)C.[B].[CH-]=O.[HH].[RuH+2]. The van der Waals surface area contributed by atoms with Crippen LogP contribution in [0.2, 0.25) is 0 Å². The van der Waals surface area contributed by atoms with Crippen LogP contribution < -0.4 is 5.32 Å². The van der Waals surface area contributed by atoms with Crippen molar-refractivity contribution in [1.82, 2.24) is 5.32 Å². The summed E-state index contributed by atoms with van der Waals surface area (Å²) < 4.78 is 0. The Balaban J connectivity index is -0.000000231. The number of hydrogen-bond acceptors (Lipinski definition) is 2. The molecule has 0 atom stereocenters. The number of nitrogens with one attached hydrogen (secondary N) is 1. The van der Waals surface area contributed by atoms with E-state index >= 15 is 0 Å². The van der Waals surface area contributed by atoms with Crippen molar-refractivity contribution in [1.29, 1.82) is 0 Å². The molecule has 140 valence electrons. The topological polar surface area (TPSA) is 29.1 Å². The second-order valence-corrected chi connectivity index (χ2v) is 14.9. The molecule has 0 fully saturated rings. The van der Waals surface area contributed by atoms with Crippen LogP contribution in [0.4, 0.5) is 0 Å². The summed E-state index contributed by atoms with van der Waals surface area (Å²) in [4.78, 5) is 7.75. The molecule has 2 nitrogen and oxygen atoms in total. The first-order valence-corrected chi connectivity index (χ1v) is 12.1. The van der Waals surface area contributed by atoms with Gasteiger partial charge < -0.3 is 10.1 Å². The van der Waals surface area contributed by atoms with Crippen molar-refractivity contribution >= 4 is 31.0 Å². The standard InChI is InChI=1S/C16H37NP2.CHO.B.Ru.H2.H/c1-13(2)18(14(3)4)11-9-17-10-12-19(15(5)6)16(7)8;1-2;;;;/h13-17H,9-12H2,1-8H3;1H;;;1H;/q;-1;;+2;;/p+2. The van der Waals surface area contributed by atoms with E-state index in [0.717, 1.165) is 22.6 Å². The normalized spacial score (nSPS) is 10.9. The predicted molar refractivity (Wildman–Crippen MR) is 116 cm³/mol. The van der Waals surface area contributed by atoms with Gasteiger partial charge in [-0.1, -0.05) is 0 Å². The van der Waals surface area contributed by atoms with Gasteiger partial charge in [0, 0.05) is 38.8 Å². The van der Waals surface area contributed by atoms with E-state index < -0.39 is 0 Å². The first-order valence-electron chi connectivity index (χ1n) is 8.42. The van der Waals surface area contributed by atoms with Crippen molar-refractivity contribution in [3.05, 3.63) is 0 Å². The predicted octanol–water partition coefficient (Wildman–Crippen LogP) is 3.96. The van der Waals surface area contributed by atoms with Gasteiger partial charge in [0.15, 0.2) is 0 Å². The molecule has 0 heterocycles. The van der Waals surface area contributed by atoms with E-state index in [0.29, 0.717) is 0 Å². The summed E-state index contributed by atoms with van der Waals surface area (Å²) in [7, 11) is -0.331. The van der Waals surface area contributed by atoms with Gasteiger partial charge in [0.25, 0.3) is 0 Å². The monoisotopic (exact) mass is 452 g/mol. The molecule has 0 aromatic rings. The molecule has 0 aliphatic rings. The van der Waals surface area contributed by atoms with Crippen LogP contribution in [0.3, 0.4) is 0 Å². The molecule has 3 radical (unpaired) electrons. The van der Waals surface area contributed by atoms with Crippen molar-refractivity contribution in [3.63, 3.8) is 0 Å². The zero-order valence-corrected chi connectivity index (χ0v) is 20.4. The molecule has 0 saturated heterocycles. The number of hydrogen-bond donors (Lipinski definition) is 1. The fourth-order valence-electron chi connectivity index (χ4n) is 3.08. The fraction of sp³-hybridized carbons (Fsp3) is 0.941. The summed E-state index contributed by atoms with van der Waals surface area (Å²) in [6.45, 7) is 25.0. The van der Waals surface area contributed by atoms with E-state index in [1.54, 1.807) is 0 Å². The molecule has 0 unspecified atom stereocenters. The summed E-state index contributed by atoms with van der Waals surface area (Å²) in [5, 5.41) is 3.72. The van der Waals surface area contributed by atoms with Crippen LogP contribution in [0.15, 0.2) is 0 Å². The van der Waals surface area contributed by atoms with Crippen LogP contribution in [-0.2, 0) is 24.3 Å². The summed E-state index contributed by atoms with van der Waals surface area (Å²) >= 11 is 0. The third-order valence-electron chi connectivity index (χ3n) is 4.15. The van der Waals surface area contributed by atoms with Crippen LogP contribution in [0.25, 0.3) is 0 Å². The molecule has 0 saturated carbocycles. The molecule has 6 heteroatoms. The van der Waals surface area contributed by atoms with Gasteiger partial charge in [-0.25, -0.2) is 0 Å². The van der Waals surface area contributed by atoms with Crippen LogP contribution in [0, 0.1) is 0 Å². The van der Waals surface area contributed by atoms with Crippen LogP contribution in [-0.4, -0.2) is 63.3 Å². The van der Waals surface area contributed by atoms with Crippen LogP contribution >= 0.6 is 15.8 Å². The third-order valence-corrected chi connectivity index (χ3v) is 11.7. The van der Waals surface area contributed by atoms with Gasteiger partial charge in [0.05, 0.1) is 35.0 Å². The molecule has 0 bridgehead atoms. The molecule has 23 heavy (non-hydrogen) atoms. The first-order chi connectivity index (χ1) is 9.77. The Morgan fingerprint density at radius 2 is 0.957 bits per heavy atom. The molecule has 0 amide bonds. The summed E-state index contributed by atoms with van der Waals surface area (Å²) in [6, 6.07) is 0. The minimum absolute atomic E-state index is 0. The number of rotatable bonds is 10. The summed E-state index contributed by atoms with van der Waals surface area (Å²) in [5.74, 6) is 0. The average molecular weight is 451 g/mol. The van der Waals surface area contributed by atoms with Crippen LogP contribution in [0.5, 0.6) is 0 Å². The van der Waals surface area contributed by atoms with E-state index in [-0.39, 0.29) is 45.2 Å². The van der Waals surface area contributed by atoms with Gasteiger partial charge in [-0.15, -0.1) is 0 Å². The van der Waals surface area contributed by atoms with Gasteiger partial charge in [0.2, 0.25) is 0 Å². The van der Waals surface area contributed by atoms with Gasteiger partial charge in [-0.2, -0.15) is 0 Å². The zero-order valence-electron chi connectivity index (χ0n) is 16.6. The first kappa shape index (κ1) is 31.9. The Morgan fingerprint density at radius 1 is 0.739 bits per heavy atom. The molecule has 1 N–H and O–H groups in total. The Kier molecular flexibility index (Phi) is 27.1. The fourth-order valence-corrected chi connectivity index (χ4v) is 8.99. The van der Waals surface area contributed by atoms with Crippen molar-refractivity contribution in [2.24, 2.45) is 0 Å². The summed E-state index contributed by atoms with van der Waals surface area (Å²) in [6.07, 6.45) is 2.87. The Morgan fingerprint density at radius 3 is 1.13 bits per heavy atom. The van der Waals surface area contributed by atoms with Gasteiger partial charge in [0.1, 0.15) is 0 Å². The Bertz CT molecular complexity index is 213. The quantitative estimate of drug-likeness (QED) is 0.179. The Labute approximate surface area is 165 Å². The molecule has 0 aliphatic heterocycles. The van der Waals surface area contributed by atoms with E-state index in [1.807, 2.05) is 0 Å². The van der Waals surface area contributed by atoms with Gasteiger partial charge in [-0.3, -0.25) is 6.79 Å². The Hall–Kier alpha value is 1.18. The van der Waals surface area contributed by atoms with E-state index in [1.165, 1.54) is 25.4 Å². The van der Waals surface area contributed by atoms with E-state index in [2.05, 4.69) is 67.5 Å². The second kappa shape index (κ2) is 19.5. The molecule has 0 rings (SSSR count). The average Bonchev–Trinajstić information content (AvgIpc) is 2.38. The summed E-state index contributed by atoms with van der Waals surface area (Å²) in [5.41, 5.74) is 3.66. The molecule has 0 spiro atoms. The molecule has 0 aromatic carbocycles. The number of carbonyl (C=O) groups excluding carboxylic acids is 1. The van der Waals surface area contributed by atoms with Gasteiger partial charge >= 0.3 is 19.5 Å². The van der Waals surface area contributed by atoms with Crippen molar-refractivity contribution in [2.45, 2.75) is 78.0 Å². The molecular weight excluding hydrogens is 408 g/mol. The maximum atomic E-state index is 7.75. The molecule has 0 aliphatic carbocycles. The zero-order chi connectivity index (χ0) is 17.0. The van der Waals surface area contributed by atoms with E-state index in [9.17, 15) is 0 Å². The van der Waals surface area contributed by atoms with Crippen molar-refractivity contribution in [2.75, 3.05) is 25.4 Å². The maximum absolute atomic E-state index is 7.75. The van der Waals surface area contributed by atoms with Crippen molar-refractivity contribution < 1.29 is 25.7 Å². The van der Waals surface area contributed by atoms with Crippen LogP contribution in [0.1, 0.15) is 56.8 Å². The molecular formula is C17H43BNOP2Ru+3.